The Labute approximate surface area is 178 Å². The van der Waals surface area contributed by atoms with E-state index < -0.39 is 9.84 Å². The SMILES string of the molecule is CN=C(NCc1ccc(CS(C)(=O)=O)cc1)NCc1cc(C(C)C)no1.I. The summed E-state index contributed by atoms with van der Waals surface area (Å²) in [5, 5.41) is 10.4. The lowest BCUT2D eigenvalue weighted by Crippen LogP contribution is -2.36. The second-order valence-corrected chi connectivity index (χ2v) is 8.68. The van der Waals surface area contributed by atoms with Crippen LogP contribution in [0.1, 0.15) is 42.3 Å². The lowest BCUT2D eigenvalue weighted by Gasteiger charge is -2.11. The minimum atomic E-state index is -3.02. The summed E-state index contributed by atoms with van der Waals surface area (Å²) in [6.45, 7) is 5.20. The van der Waals surface area contributed by atoms with Crippen molar-refractivity contribution in [2.24, 2.45) is 4.99 Å². The highest BCUT2D eigenvalue weighted by Gasteiger charge is 2.08. The lowest BCUT2D eigenvalue weighted by molar-refractivity contribution is 0.372. The number of guanidine groups is 1. The van der Waals surface area contributed by atoms with Gasteiger partial charge in [-0.2, -0.15) is 0 Å². The van der Waals surface area contributed by atoms with Gasteiger partial charge in [-0.3, -0.25) is 4.99 Å². The van der Waals surface area contributed by atoms with E-state index in [2.05, 4.69) is 34.6 Å². The predicted molar refractivity (Wildman–Crippen MR) is 118 cm³/mol. The molecule has 2 aromatic rings. The molecule has 0 amide bonds. The molecular weight excluding hydrogens is 479 g/mol. The molecule has 2 rings (SSSR count). The Bertz CT molecular complexity index is 846. The average molecular weight is 506 g/mol. The fourth-order valence-electron chi connectivity index (χ4n) is 2.32. The number of aliphatic imine (C=N–C) groups is 1. The maximum atomic E-state index is 11.3. The molecule has 0 aliphatic rings. The highest BCUT2D eigenvalue weighted by molar-refractivity contribution is 14.0. The Morgan fingerprint density at radius 3 is 2.26 bits per heavy atom. The molecule has 1 aromatic carbocycles. The first-order valence-electron chi connectivity index (χ1n) is 8.42. The van der Waals surface area contributed by atoms with Crippen molar-refractivity contribution in [3.63, 3.8) is 0 Å². The predicted octanol–water partition coefficient (Wildman–Crippen LogP) is 2.83. The van der Waals surface area contributed by atoms with Crippen molar-refractivity contribution in [2.45, 2.75) is 38.6 Å². The monoisotopic (exact) mass is 506 g/mol. The van der Waals surface area contributed by atoms with E-state index >= 15 is 0 Å². The minimum absolute atomic E-state index is 0. The molecule has 2 N–H and O–H groups in total. The first kappa shape index (κ1) is 23.4. The molecule has 0 aliphatic heterocycles. The number of halogens is 1. The molecule has 9 heteroatoms. The van der Waals surface area contributed by atoms with Crippen LogP contribution in [0.15, 0.2) is 39.8 Å². The summed E-state index contributed by atoms with van der Waals surface area (Å²) in [5.74, 6) is 1.78. The number of sulfone groups is 1. The van der Waals surface area contributed by atoms with Crippen LogP contribution in [-0.2, 0) is 28.7 Å². The van der Waals surface area contributed by atoms with Gasteiger partial charge in [0.1, 0.15) is 0 Å². The van der Waals surface area contributed by atoms with Crippen LogP contribution in [-0.4, -0.2) is 32.8 Å². The van der Waals surface area contributed by atoms with Gasteiger partial charge in [0.25, 0.3) is 0 Å². The fourth-order valence-corrected chi connectivity index (χ4v) is 3.12. The summed E-state index contributed by atoms with van der Waals surface area (Å²) >= 11 is 0. The molecule has 0 saturated carbocycles. The quantitative estimate of drug-likeness (QED) is 0.341. The first-order chi connectivity index (χ1) is 12.3. The number of hydrogen-bond donors (Lipinski definition) is 2. The number of nitrogens with zero attached hydrogens (tertiary/aromatic N) is 2. The summed E-state index contributed by atoms with van der Waals surface area (Å²) in [7, 11) is -1.32. The van der Waals surface area contributed by atoms with E-state index in [4.69, 9.17) is 4.52 Å². The van der Waals surface area contributed by atoms with Crippen LogP contribution in [0.5, 0.6) is 0 Å². The molecule has 0 atom stereocenters. The van der Waals surface area contributed by atoms with Crippen molar-refractivity contribution in [1.82, 2.24) is 15.8 Å². The summed E-state index contributed by atoms with van der Waals surface area (Å²) < 4.78 is 27.9. The van der Waals surface area contributed by atoms with Gasteiger partial charge in [0.15, 0.2) is 21.6 Å². The second kappa shape index (κ2) is 10.6. The van der Waals surface area contributed by atoms with Gasteiger partial charge in [0.2, 0.25) is 0 Å². The van der Waals surface area contributed by atoms with Crippen molar-refractivity contribution in [3.8, 4) is 0 Å². The van der Waals surface area contributed by atoms with Gasteiger partial charge in [0.05, 0.1) is 18.0 Å². The Morgan fingerprint density at radius 1 is 1.15 bits per heavy atom. The molecular formula is C18H27IN4O3S. The zero-order valence-electron chi connectivity index (χ0n) is 16.0. The lowest BCUT2D eigenvalue weighted by atomic mass is 10.1. The number of rotatable bonds is 7. The van der Waals surface area contributed by atoms with Gasteiger partial charge in [0, 0.05) is 25.9 Å². The van der Waals surface area contributed by atoms with Gasteiger partial charge in [-0.25, -0.2) is 8.42 Å². The highest BCUT2D eigenvalue weighted by atomic mass is 127. The third-order valence-corrected chi connectivity index (χ3v) is 4.59. The van der Waals surface area contributed by atoms with E-state index in [0.717, 1.165) is 22.6 Å². The number of benzene rings is 1. The van der Waals surface area contributed by atoms with Crippen molar-refractivity contribution in [1.29, 1.82) is 0 Å². The molecule has 0 aliphatic carbocycles. The first-order valence-corrected chi connectivity index (χ1v) is 10.5. The van der Waals surface area contributed by atoms with E-state index in [-0.39, 0.29) is 29.7 Å². The van der Waals surface area contributed by atoms with Gasteiger partial charge in [-0.1, -0.05) is 43.3 Å². The molecule has 150 valence electrons. The topological polar surface area (TPSA) is 96.6 Å². The van der Waals surface area contributed by atoms with E-state index in [1.165, 1.54) is 6.26 Å². The Morgan fingerprint density at radius 2 is 1.74 bits per heavy atom. The van der Waals surface area contributed by atoms with Crippen LogP contribution in [0.25, 0.3) is 0 Å². The molecule has 0 unspecified atom stereocenters. The molecule has 0 spiro atoms. The van der Waals surface area contributed by atoms with Crippen LogP contribution in [0.3, 0.4) is 0 Å². The van der Waals surface area contributed by atoms with Crippen LogP contribution >= 0.6 is 24.0 Å². The molecule has 0 saturated heterocycles. The second-order valence-electron chi connectivity index (χ2n) is 6.54. The van der Waals surface area contributed by atoms with Crippen LogP contribution < -0.4 is 10.6 Å². The van der Waals surface area contributed by atoms with E-state index in [9.17, 15) is 8.42 Å². The maximum absolute atomic E-state index is 11.3. The van der Waals surface area contributed by atoms with Crippen molar-refractivity contribution in [3.05, 3.63) is 52.9 Å². The van der Waals surface area contributed by atoms with Crippen LogP contribution in [0.2, 0.25) is 0 Å². The molecule has 0 radical (unpaired) electrons. The number of nitrogens with one attached hydrogen (secondary N) is 2. The summed E-state index contributed by atoms with van der Waals surface area (Å²) in [5.41, 5.74) is 2.75. The minimum Gasteiger partial charge on any atom is -0.359 e. The molecule has 7 nitrogen and oxygen atoms in total. The van der Waals surface area contributed by atoms with Gasteiger partial charge >= 0.3 is 0 Å². The Hall–Kier alpha value is -1.62. The van der Waals surface area contributed by atoms with Gasteiger partial charge in [-0.15, -0.1) is 24.0 Å². The van der Waals surface area contributed by atoms with E-state index in [0.29, 0.717) is 25.0 Å². The fraction of sp³-hybridized carbons (Fsp3) is 0.444. The van der Waals surface area contributed by atoms with E-state index in [1.807, 2.05) is 30.3 Å². The molecule has 1 aromatic heterocycles. The Balaban J connectivity index is 0.00000364. The number of hydrogen-bond acceptors (Lipinski definition) is 5. The van der Waals surface area contributed by atoms with Crippen molar-refractivity contribution < 1.29 is 12.9 Å². The zero-order chi connectivity index (χ0) is 19.2. The van der Waals surface area contributed by atoms with Crippen molar-refractivity contribution in [2.75, 3.05) is 13.3 Å². The maximum Gasteiger partial charge on any atom is 0.191 e. The van der Waals surface area contributed by atoms with Gasteiger partial charge in [-0.05, 0) is 17.0 Å². The standard InChI is InChI=1S/C18H26N4O3S.HI/c1-13(2)17-9-16(25-22-17)11-21-18(19-3)20-10-14-5-7-15(8-6-14)12-26(4,23)24;/h5-9,13H,10-12H2,1-4H3,(H2,19,20,21);1H. The zero-order valence-corrected chi connectivity index (χ0v) is 19.2. The third kappa shape index (κ3) is 8.29. The summed E-state index contributed by atoms with van der Waals surface area (Å²) in [6.07, 6.45) is 1.23. The normalized spacial score (nSPS) is 12.0. The number of aromatic nitrogens is 1. The summed E-state index contributed by atoms with van der Waals surface area (Å²) in [4.78, 5) is 4.18. The van der Waals surface area contributed by atoms with Crippen LogP contribution in [0.4, 0.5) is 0 Å². The van der Waals surface area contributed by atoms with Crippen LogP contribution in [0, 0.1) is 0 Å². The molecule has 0 bridgehead atoms. The molecule has 0 fully saturated rings. The average Bonchev–Trinajstić information content (AvgIpc) is 3.04. The van der Waals surface area contributed by atoms with Gasteiger partial charge < -0.3 is 15.2 Å². The largest absolute Gasteiger partial charge is 0.359 e. The molecule has 1 heterocycles. The van der Waals surface area contributed by atoms with E-state index in [1.54, 1.807) is 7.05 Å². The highest BCUT2D eigenvalue weighted by Crippen LogP contribution is 2.13. The summed E-state index contributed by atoms with van der Waals surface area (Å²) in [6, 6.07) is 9.41. The van der Waals surface area contributed by atoms with Crippen molar-refractivity contribution >= 4 is 39.8 Å². The smallest absolute Gasteiger partial charge is 0.191 e. The third-order valence-electron chi connectivity index (χ3n) is 3.73. The Kier molecular flexibility index (Phi) is 9.23. The molecule has 27 heavy (non-hydrogen) atoms.